The first-order chi connectivity index (χ1) is 19.3. The molecule has 0 aromatic heterocycles. The summed E-state index contributed by atoms with van der Waals surface area (Å²) in [6, 6.07) is 6.08. The summed E-state index contributed by atoms with van der Waals surface area (Å²) in [6.45, 7) is 2.57. The quantitative estimate of drug-likeness (QED) is 0.136. The van der Waals surface area contributed by atoms with Crippen LogP contribution >= 0.6 is 12.4 Å². The summed E-state index contributed by atoms with van der Waals surface area (Å²) in [5.41, 5.74) is 0.821. The molecule has 0 radical (unpaired) electrons. The van der Waals surface area contributed by atoms with Crippen LogP contribution in [0.4, 0.5) is 4.79 Å². The van der Waals surface area contributed by atoms with Crippen LogP contribution in [0.1, 0.15) is 44.1 Å². The van der Waals surface area contributed by atoms with Crippen molar-refractivity contribution in [2.24, 2.45) is 16.9 Å². The van der Waals surface area contributed by atoms with E-state index in [0.29, 0.717) is 19.6 Å². The molecule has 2 saturated heterocycles. The fraction of sp³-hybridized carbons (Fsp3) is 0.607. The molecule has 0 spiro atoms. The third-order valence-corrected chi connectivity index (χ3v) is 7.60. The molecule has 0 saturated carbocycles. The van der Waals surface area contributed by atoms with Crippen molar-refractivity contribution >= 4 is 42.4 Å². The van der Waals surface area contributed by atoms with Crippen LogP contribution in [0.15, 0.2) is 35.4 Å². The lowest BCUT2D eigenvalue weighted by Gasteiger charge is -2.36. The minimum atomic E-state index is -1.27. The van der Waals surface area contributed by atoms with E-state index in [4.69, 9.17) is 10.6 Å². The standard InChI is InChI=1S/C28H43N7O5.ClH/c1-34(21-13-10-14-30-18-21)25(36)22(19-31-29)24(26(37)35-15-8-3-4-9-16-35)33-28(39)32-23(27(38)40-2)17-20-11-6-5-7-12-20;/h5-7,11-12,19,21-24,30H,3-4,8-10,13-18,29H2,1-2H3,(H2,32,33,39);1H/t21-,22+,23-,24?;/m0./s1. The van der Waals surface area contributed by atoms with Gasteiger partial charge in [-0.05, 0) is 37.8 Å². The Balaban J connectivity index is 0.00000588. The lowest BCUT2D eigenvalue weighted by molar-refractivity contribution is -0.143. The number of urea groups is 1. The summed E-state index contributed by atoms with van der Waals surface area (Å²) in [7, 11) is 2.94. The first kappa shape index (κ1) is 33.8. The van der Waals surface area contributed by atoms with Gasteiger partial charge in [0.05, 0.1) is 7.11 Å². The van der Waals surface area contributed by atoms with Crippen molar-refractivity contribution in [1.29, 1.82) is 0 Å². The number of carbonyl (C=O) groups excluding carboxylic acids is 4. The number of hydrogen-bond acceptors (Lipinski definition) is 8. The molecule has 1 unspecified atom stereocenters. The number of nitrogens with two attached hydrogens (primary N) is 1. The molecule has 0 bridgehead atoms. The zero-order valence-corrected chi connectivity index (χ0v) is 24.7. The van der Waals surface area contributed by atoms with Crippen LogP contribution in [-0.4, -0.2) is 98.3 Å². The number of methoxy groups -OCH3 is 1. The van der Waals surface area contributed by atoms with Crippen LogP contribution in [0, 0.1) is 5.92 Å². The largest absolute Gasteiger partial charge is 0.467 e. The highest BCUT2D eigenvalue weighted by Crippen LogP contribution is 2.18. The fourth-order valence-electron chi connectivity index (χ4n) is 5.28. The number of esters is 1. The van der Waals surface area contributed by atoms with Crippen LogP contribution in [0.5, 0.6) is 0 Å². The highest BCUT2D eigenvalue weighted by molar-refractivity contribution is 6.02. The van der Waals surface area contributed by atoms with Gasteiger partial charge < -0.3 is 36.3 Å². The van der Waals surface area contributed by atoms with Gasteiger partial charge >= 0.3 is 12.0 Å². The minimum absolute atomic E-state index is 0. The molecule has 3 rings (SSSR count). The first-order valence-corrected chi connectivity index (χ1v) is 14.0. The highest BCUT2D eigenvalue weighted by Gasteiger charge is 2.40. The maximum atomic E-state index is 13.9. The molecule has 4 atom stereocenters. The van der Waals surface area contributed by atoms with Crippen molar-refractivity contribution < 1.29 is 23.9 Å². The van der Waals surface area contributed by atoms with E-state index in [0.717, 1.165) is 50.6 Å². The summed E-state index contributed by atoms with van der Waals surface area (Å²) in [5, 5.41) is 12.2. The van der Waals surface area contributed by atoms with Gasteiger partial charge in [0.15, 0.2) is 0 Å². The van der Waals surface area contributed by atoms with Crippen LogP contribution < -0.4 is 21.8 Å². The number of amides is 4. The Hall–Kier alpha value is -3.38. The summed E-state index contributed by atoms with van der Waals surface area (Å²) < 4.78 is 4.91. The molecule has 2 aliphatic rings. The van der Waals surface area contributed by atoms with Crippen molar-refractivity contribution in [2.45, 2.75) is 63.1 Å². The number of hydrazone groups is 1. The van der Waals surface area contributed by atoms with E-state index in [-0.39, 0.29) is 36.7 Å². The summed E-state index contributed by atoms with van der Waals surface area (Å²) >= 11 is 0. The van der Waals surface area contributed by atoms with E-state index in [9.17, 15) is 19.2 Å². The van der Waals surface area contributed by atoms with Crippen LogP contribution in [0.2, 0.25) is 0 Å². The van der Waals surface area contributed by atoms with Gasteiger partial charge in [-0.2, -0.15) is 5.10 Å². The van der Waals surface area contributed by atoms with E-state index in [2.05, 4.69) is 21.1 Å². The zero-order chi connectivity index (χ0) is 28.9. The SMILES string of the molecule is COC(=O)[C@H](Cc1ccccc1)NC(=O)NC(C(=O)N1CCCCCC1)[C@@H](C=NN)C(=O)N(C)[C@H]1CCCNC1.Cl. The number of carbonyl (C=O) groups is 4. The Morgan fingerprint density at radius 1 is 1.12 bits per heavy atom. The Kier molecular flexibility index (Phi) is 14.4. The summed E-state index contributed by atoms with van der Waals surface area (Å²) in [4.78, 5) is 56.8. The Morgan fingerprint density at radius 2 is 1.80 bits per heavy atom. The zero-order valence-electron chi connectivity index (χ0n) is 23.9. The predicted molar refractivity (Wildman–Crippen MR) is 159 cm³/mol. The highest BCUT2D eigenvalue weighted by atomic mass is 35.5. The van der Waals surface area contributed by atoms with Gasteiger partial charge in [0, 0.05) is 45.4 Å². The van der Waals surface area contributed by atoms with Gasteiger partial charge in [-0.3, -0.25) is 9.59 Å². The number of halogens is 1. The molecular formula is C28H44ClN7O5. The van der Waals surface area contributed by atoms with Crippen molar-refractivity contribution in [2.75, 3.05) is 40.3 Å². The number of hydrogen-bond donors (Lipinski definition) is 4. The molecule has 5 N–H and O–H groups in total. The molecule has 1 aromatic rings. The first-order valence-electron chi connectivity index (χ1n) is 14.0. The molecule has 2 aliphatic heterocycles. The molecule has 12 nitrogen and oxygen atoms in total. The van der Waals surface area contributed by atoms with Crippen LogP contribution in [0.3, 0.4) is 0 Å². The maximum absolute atomic E-state index is 13.9. The second-order valence-corrected chi connectivity index (χ2v) is 10.4. The van der Waals surface area contributed by atoms with E-state index in [1.807, 2.05) is 30.3 Å². The molecule has 2 fully saturated rings. The van der Waals surface area contributed by atoms with E-state index in [1.165, 1.54) is 13.3 Å². The smallest absolute Gasteiger partial charge is 0.328 e. The van der Waals surface area contributed by atoms with Crippen molar-refractivity contribution in [3.63, 3.8) is 0 Å². The molecule has 13 heteroatoms. The molecule has 1 aromatic carbocycles. The van der Waals surface area contributed by atoms with Crippen molar-refractivity contribution in [3.05, 3.63) is 35.9 Å². The van der Waals surface area contributed by atoms with Gasteiger partial charge in [0.2, 0.25) is 11.8 Å². The summed E-state index contributed by atoms with van der Waals surface area (Å²) in [5.74, 6) is 2.99. The third-order valence-electron chi connectivity index (χ3n) is 7.60. The monoisotopic (exact) mass is 593 g/mol. The number of likely N-dealkylation sites (tertiary alicyclic amines) is 1. The van der Waals surface area contributed by atoms with Gasteiger partial charge in [0.1, 0.15) is 18.0 Å². The average Bonchev–Trinajstić information content (AvgIpc) is 3.28. The lowest BCUT2D eigenvalue weighted by Crippen LogP contribution is -2.60. The molecule has 228 valence electrons. The third kappa shape index (κ3) is 9.89. The number of likely N-dealkylation sites (N-methyl/N-ethyl adjacent to an activating group) is 1. The van der Waals surface area contributed by atoms with E-state index >= 15 is 0 Å². The second-order valence-electron chi connectivity index (χ2n) is 10.4. The Morgan fingerprint density at radius 3 is 2.39 bits per heavy atom. The maximum Gasteiger partial charge on any atom is 0.328 e. The van der Waals surface area contributed by atoms with Gasteiger partial charge in [-0.1, -0.05) is 43.2 Å². The number of ether oxygens (including phenoxy) is 1. The van der Waals surface area contributed by atoms with Crippen LogP contribution in [0.25, 0.3) is 0 Å². The van der Waals surface area contributed by atoms with Crippen molar-refractivity contribution in [3.8, 4) is 0 Å². The van der Waals surface area contributed by atoms with Crippen LogP contribution in [-0.2, 0) is 25.5 Å². The summed E-state index contributed by atoms with van der Waals surface area (Å²) in [6.07, 6.45) is 6.84. The molecule has 2 heterocycles. The molecule has 4 amide bonds. The number of benzene rings is 1. The lowest BCUT2D eigenvalue weighted by atomic mass is 9.95. The van der Waals surface area contributed by atoms with Gasteiger partial charge in [-0.15, -0.1) is 12.4 Å². The number of piperidine rings is 1. The Bertz CT molecular complexity index is 1010. The fourth-order valence-corrected chi connectivity index (χ4v) is 5.28. The molecule has 41 heavy (non-hydrogen) atoms. The average molecular weight is 594 g/mol. The Labute approximate surface area is 248 Å². The molecule has 0 aliphatic carbocycles. The second kappa shape index (κ2) is 17.4. The number of nitrogens with one attached hydrogen (secondary N) is 3. The van der Waals surface area contributed by atoms with E-state index < -0.39 is 30.0 Å². The van der Waals surface area contributed by atoms with E-state index in [1.54, 1.807) is 16.8 Å². The minimum Gasteiger partial charge on any atom is -0.467 e. The van der Waals surface area contributed by atoms with Gasteiger partial charge in [0.25, 0.3) is 0 Å². The topological polar surface area (TPSA) is 158 Å². The van der Waals surface area contributed by atoms with Gasteiger partial charge in [-0.25, -0.2) is 9.59 Å². The predicted octanol–water partition coefficient (Wildman–Crippen LogP) is 1.03. The molecular weight excluding hydrogens is 550 g/mol. The number of nitrogens with zero attached hydrogens (tertiary/aromatic N) is 3. The van der Waals surface area contributed by atoms with Crippen molar-refractivity contribution in [1.82, 2.24) is 25.8 Å². The number of rotatable bonds is 10. The normalized spacial score (nSPS) is 19.6.